The highest BCUT2D eigenvalue weighted by atomic mass is 32.2. The monoisotopic (exact) mass is 401 g/mol. The Labute approximate surface area is 153 Å². The first-order valence-electron chi connectivity index (χ1n) is 6.58. The van der Waals surface area contributed by atoms with Crippen LogP contribution in [0.15, 0.2) is 33.9 Å². The number of carbonyl (C=O) groups is 1. The van der Waals surface area contributed by atoms with Gasteiger partial charge in [-0.1, -0.05) is 48.3 Å². The molecule has 1 amide bonds. The summed E-state index contributed by atoms with van der Waals surface area (Å²) in [7, 11) is -3.17. The van der Waals surface area contributed by atoms with Gasteiger partial charge in [0.1, 0.15) is 4.32 Å². The van der Waals surface area contributed by atoms with E-state index in [2.05, 4.69) is 0 Å². The number of nitrogens with zero attached hydrogens (tertiary/aromatic N) is 1. The number of thiophene rings is 1. The number of allylic oxidation sites excluding steroid dienone is 1. The molecule has 120 valence electrons. The fourth-order valence-electron chi connectivity index (χ4n) is 2.19. The molecule has 1 atom stereocenters. The Morgan fingerprint density at radius 1 is 1.48 bits per heavy atom. The molecule has 0 bridgehead atoms. The van der Waals surface area contributed by atoms with Crippen molar-refractivity contribution < 1.29 is 13.2 Å². The van der Waals surface area contributed by atoms with E-state index in [4.69, 9.17) is 24.4 Å². The summed E-state index contributed by atoms with van der Waals surface area (Å²) in [6.45, 7) is 0.173. The summed E-state index contributed by atoms with van der Waals surface area (Å²) in [5.41, 5.74) is 0. The molecule has 2 aliphatic heterocycles. The third kappa shape index (κ3) is 3.80. The molecular formula is C14H11NO3S5. The summed E-state index contributed by atoms with van der Waals surface area (Å²) in [6, 6.07) is 3.84. The molecule has 9 heteroatoms. The molecule has 0 aromatic carbocycles. The van der Waals surface area contributed by atoms with Gasteiger partial charge in [-0.05, 0) is 17.5 Å². The summed E-state index contributed by atoms with van der Waals surface area (Å²) in [4.78, 5) is 16.0. The molecule has 3 heterocycles. The minimum Gasteiger partial charge on any atom is -0.288 e. The van der Waals surface area contributed by atoms with Gasteiger partial charge in [-0.25, -0.2) is 8.42 Å². The van der Waals surface area contributed by atoms with Crippen LogP contribution in [-0.2, 0) is 14.6 Å². The van der Waals surface area contributed by atoms with Crippen molar-refractivity contribution in [1.29, 1.82) is 0 Å². The van der Waals surface area contributed by atoms with Gasteiger partial charge < -0.3 is 0 Å². The van der Waals surface area contributed by atoms with Crippen LogP contribution in [0.2, 0.25) is 0 Å². The van der Waals surface area contributed by atoms with Gasteiger partial charge in [0, 0.05) is 21.1 Å². The zero-order chi connectivity index (χ0) is 16.6. The molecule has 1 fully saturated rings. The SMILES string of the molecule is O=C1/C(=C/c2cccs2)SC(=S)N1CC(=S)C1C=CS(=O)(=O)C1. The minimum atomic E-state index is -3.17. The summed E-state index contributed by atoms with van der Waals surface area (Å²) >= 11 is 13.4. The lowest BCUT2D eigenvalue weighted by Gasteiger charge is -2.17. The highest BCUT2D eigenvalue weighted by Gasteiger charge is 2.34. The van der Waals surface area contributed by atoms with Crippen LogP contribution < -0.4 is 0 Å². The molecule has 1 aromatic heterocycles. The molecule has 1 aromatic rings. The zero-order valence-corrected chi connectivity index (χ0v) is 15.8. The standard InChI is InChI=1S/C14H11NO3S5/c16-13-12(6-10-2-1-4-21-10)22-14(20)15(13)7-11(19)9-3-5-23(17,18)8-9/h1-6,9H,7-8H2/b12-6-. The van der Waals surface area contributed by atoms with Crippen LogP contribution >= 0.6 is 47.5 Å². The van der Waals surface area contributed by atoms with Gasteiger partial charge in [0.15, 0.2) is 9.84 Å². The third-order valence-corrected chi connectivity index (χ3v) is 7.37. The number of carbonyl (C=O) groups excluding carboxylic acids is 1. The maximum atomic E-state index is 12.5. The van der Waals surface area contributed by atoms with Crippen molar-refractivity contribution in [3.63, 3.8) is 0 Å². The number of rotatable bonds is 4. The normalized spacial score (nSPS) is 24.8. The first kappa shape index (κ1) is 17.0. The maximum absolute atomic E-state index is 12.5. The smallest absolute Gasteiger partial charge is 0.266 e. The largest absolute Gasteiger partial charge is 0.288 e. The van der Waals surface area contributed by atoms with Crippen LogP contribution in [-0.4, -0.2) is 40.7 Å². The van der Waals surface area contributed by atoms with E-state index in [0.717, 1.165) is 4.88 Å². The van der Waals surface area contributed by atoms with Crippen molar-refractivity contribution in [2.24, 2.45) is 5.92 Å². The first-order chi connectivity index (χ1) is 10.9. The van der Waals surface area contributed by atoms with Crippen molar-refractivity contribution >= 4 is 78.5 Å². The molecule has 1 unspecified atom stereocenters. The lowest BCUT2D eigenvalue weighted by atomic mass is 10.1. The van der Waals surface area contributed by atoms with Crippen LogP contribution in [0.25, 0.3) is 6.08 Å². The molecule has 0 radical (unpaired) electrons. The topological polar surface area (TPSA) is 54.5 Å². The number of thiocarbonyl (C=S) groups is 2. The molecule has 3 rings (SSSR count). The predicted molar refractivity (Wildman–Crippen MR) is 103 cm³/mol. The van der Waals surface area contributed by atoms with Gasteiger partial charge in [0.05, 0.1) is 17.2 Å². The molecular weight excluding hydrogens is 390 g/mol. The van der Waals surface area contributed by atoms with Crippen molar-refractivity contribution in [3.8, 4) is 0 Å². The van der Waals surface area contributed by atoms with Crippen LogP contribution in [0.4, 0.5) is 0 Å². The maximum Gasteiger partial charge on any atom is 0.266 e. The van der Waals surface area contributed by atoms with Crippen molar-refractivity contribution in [3.05, 3.63) is 38.8 Å². The number of hydrogen-bond donors (Lipinski definition) is 0. The summed E-state index contributed by atoms with van der Waals surface area (Å²) in [6.07, 6.45) is 3.39. The summed E-state index contributed by atoms with van der Waals surface area (Å²) < 4.78 is 23.4. The quantitative estimate of drug-likeness (QED) is 0.571. The molecule has 2 aliphatic rings. The summed E-state index contributed by atoms with van der Waals surface area (Å²) in [5.74, 6) is -0.535. The van der Waals surface area contributed by atoms with Gasteiger partial charge in [-0.3, -0.25) is 9.69 Å². The minimum absolute atomic E-state index is 0.0222. The Balaban J connectivity index is 1.71. The van der Waals surface area contributed by atoms with Crippen LogP contribution in [0, 0.1) is 5.92 Å². The molecule has 0 aliphatic carbocycles. The van der Waals surface area contributed by atoms with E-state index in [9.17, 15) is 13.2 Å². The fraction of sp³-hybridized carbons (Fsp3) is 0.214. The number of amides is 1. The Kier molecular flexibility index (Phi) is 4.84. The molecule has 0 spiro atoms. The van der Waals surface area contributed by atoms with Crippen molar-refractivity contribution in [2.45, 2.75) is 0 Å². The average molecular weight is 402 g/mol. The van der Waals surface area contributed by atoms with E-state index in [1.807, 2.05) is 23.6 Å². The van der Waals surface area contributed by atoms with Crippen molar-refractivity contribution in [1.82, 2.24) is 4.90 Å². The van der Waals surface area contributed by atoms with Crippen molar-refractivity contribution in [2.75, 3.05) is 12.3 Å². The Morgan fingerprint density at radius 3 is 2.87 bits per heavy atom. The Hall–Kier alpha value is -0.870. The number of thioether (sulfide) groups is 1. The van der Waals surface area contributed by atoms with E-state index >= 15 is 0 Å². The highest BCUT2D eigenvalue weighted by molar-refractivity contribution is 8.26. The highest BCUT2D eigenvalue weighted by Crippen LogP contribution is 2.33. The molecule has 0 N–H and O–H groups in total. The predicted octanol–water partition coefficient (Wildman–Crippen LogP) is 2.88. The van der Waals surface area contributed by atoms with E-state index in [1.165, 1.54) is 22.1 Å². The fourth-order valence-corrected chi connectivity index (χ4v) is 5.92. The number of hydrogen-bond acceptors (Lipinski definition) is 7. The average Bonchev–Trinajstić information content (AvgIpc) is 3.17. The summed E-state index contributed by atoms with van der Waals surface area (Å²) in [5, 5.41) is 3.12. The third-order valence-electron chi connectivity index (χ3n) is 3.35. The van der Waals surface area contributed by atoms with E-state index < -0.39 is 9.84 Å². The molecule has 0 saturated carbocycles. The van der Waals surface area contributed by atoms with E-state index in [1.54, 1.807) is 17.4 Å². The van der Waals surface area contributed by atoms with Crippen LogP contribution in [0.3, 0.4) is 0 Å². The molecule has 1 saturated heterocycles. The second-order valence-corrected chi connectivity index (χ2v) is 10.1. The lowest BCUT2D eigenvalue weighted by molar-refractivity contribution is -0.121. The van der Waals surface area contributed by atoms with Gasteiger partial charge in [-0.15, -0.1) is 11.3 Å². The number of sulfone groups is 1. The van der Waals surface area contributed by atoms with Gasteiger partial charge >= 0.3 is 0 Å². The van der Waals surface area contributed by atoms with E-state index in [-0.39, 0.29) is 24.1 Å². The van der Waals surface area contributed by atoms with Gasteiger partial charge in [0.25, 0.3) is 5.91 Å². The zero-order valence-electron chi connectivity index (χ0n) is 11.7. The Bertz CT molecular complexity index is 836. The van der Waals surface area contributed by atoms with Gasteiger partial charge in [-0.2, -0.15) is 0 Å². The first-order valence-corrected chi connectivity index (χ1v) is 10.8. The lowest BCUT2D eigenvalue weighted by Crippen LogP contribution is -2.35. The van der Waals surface area contributed by atoms with Crippen LogP contribution in [0.1, 0.15) is 4.88 Å². The molecule has 23 heavy (non-hydrogen) atoms. The van der Waals surface area contributed by atoms with Crippen LogP contribution in [0.5, 0.6) is 0 Å². The van der Waals surface area contributed by atoms with E-state index in [0.29, 0.717) is 14.1 Å². The Morgan fingerprint density at radius 2 is 2.26 bits per heavy atom. The second kappa shape index (κ2) is 6.56. The second-order valence-electron chi connectivity index (χ2n) is 5.01. The molecule has 4 nitrogen and oxygen atoms in total. The van der Waals surface area contributed by atoms with Gasteiger partial charge in [0.2, 0.25) is 0 Å².